The molecule has 1 heterocycles. The van der Waals surface area contributed by atoms with Gasteiger partial charge >= 0.3 is 6.61 Å². The summed E-state index contributed by atoms with van der Waals surface area (Å²) >= 11 is 7.46. The van der Waals surface area contributed by atoms with Crippen LogP contribution in [0.25, 0.3) is 0 Å². The Morgan fingerprint density at radius 1 is 1.22 bits per heavy atom. The molecular formula is C16H18ClF2NO2S. The van der Waals surface area contributed by atoms with Crippen molar-refractivity contribution in [3.63, 3.8) is 0 Å². The number of nitrogens with one attached hydrogen (secondary N) is 1. The summed E-state index contributed by atoms with van der Waals surface area (Å²) in [5.41, 5.74) is 0.921. The smallest absolute Gasteiger partial charge is 0.387 e. The molecule has 3 nitrogen and oxygen atoms in total. The highest BCUT2D eigenvalue weighted by molar-refractivity contribution is 7.16. The Balaban J connectivity index is 2.03. The van der Waals surface area contributed by atoms with Crippen molar-refractivity contribution in [3.8, 4) is 11.5 Å². The third-order valence-electron chi connectivity index (χ3n) is 3.16. The van der Waals surface area contributed by atoms with Crippen LogP contribution in [0.15, 0.2) is 30.3 Å². The second-order valence-corrected chi connectivity index (χ2v) is 6.58. The molecule has 2 aromatic rings. The fourth-order valence-corrected chi connectivity index (χ4v) is 3.14. The fraction of sp³-hybridized carbons (Fsp3) is 0.375. The van der Waals surface area contributed by atoms with Gasteiger partial charge in [0.05, 0.1) is 10.9 Å². The summed E-state index contributed by atoms with van der Waals surface area (Å²) in [5.74, 6) is 0.364. The Labute approximate surface area is 143 Å². The first-order valence-electron chi connectivity index (χ1n) is 7.18. The molecule has 0 radical (unpaired) electrons. The minimum absolute atomic E-state index is 0.0451. The number of rotatable bonds is 8. The van der Waals surface area contributed by atoms with E-state index in [9.17, 15) is 8.78 Å². The lowest BCUT2D eigenvalue weighted by Gasteiger charge is -2.15. The van der Waals surface area contributed by atoms with Gasteiger partial charge < -0.3 is 14.8 Å². The molecule has 2 rings (SSSR count). The summed E-state index contributed by atoms with van der Waals surface area (Å²) in [5, 5.41) is 3.37. The van der Waals surface area contributed by atoms with Crippen LogP contribution in [0.1, 0.15) is 30.3 Å². The predicted octanol–water partition coefficient (Wildman–Crippen LogP) is 5.25. The minimum Gasteiger partial charge on any atom is -0.490 e. The van der Waals surface area contributed by atoms with Crippen molar-refractivity contribution < 1.29 is 18.3 Å². The SMILES string of the molecule is CCOc1cc(CNC(C)c2ccc(Cl)s2)ccc1OC(F)F. The number of thiophene rings is 1. The molecule has 0 spiro atoms. The van der Waals surface area contributed by atoms with Gasteiger partial charge in [0.2, 0.25) is 0 Å². The van der Waals surface area contributed by atoms with Crippen molar-refractivity contribution in [2.24, 2.45) is 0 Å². The molecule has 0 saturated heterocycles. The summed E-state index contributed by atoms with van der Waals surface area (Å²) < 4.78 is 35.4. The van der Waals surface area contributed by atoms with Crippen molar-refractivity contribution >= 4 is 22.9 Å². The second kappa shape index (κ2) is 8.47. The maximum atomic E-state index is 12.4. The van der Waals surface area contributed by atoms with E-state index >= 15 is 0 Å². The molecule has 0 fully saturated rings. The van der Waals surface area contributed by atoms with Gasteiger partial charge in [-0.25, -0.2) is 0 Å². The highest BCUT2D eigenvalue weighted by Gasteiger charge is 2.13. The lowest BCUT2D eigenvalue weighted by atomic mass is 10.2. The van der Waals surface area contributed by atoms with E-state index in [1.807, 2.05) is 19.1 Å². The van der Waals surface area contributed by atoms with Crippen molar-refractivity contribution in [2.75, 3.05) is 6.61 Å². The highest BCUT2D eigenvalue weighted by atomic mass is 35.5. The third kappa shape index (κ3) is 5.34. The van der Waals surface area contributed by atoms with Gasteiger partial charge in [-0.3, -0.25) is 0 Å². The summed E-state index contributed by atoms with van der Waals surface area (Å²) in [7, 11) is 0. The van der Waals surface area contributed by atoms with E-state index in [1.54, 1.807) is 19.1 Å². The van der Waals surface area contributed by atoms with Crippen LogP contribution in [0, 0.1) is 0 Å². The molecule has 0 aliphatic rings. The van der Waals surface area contributed by atoms with Crippen LogP contribution in [-0.2, 0) is 6.54 Å². The van der Waals surface area contributed by atoms with E-state index in [-0.39, 0.29) is 11.8 Å². The first-order chi connectivity index (χ1) is 11.0. The minimum atomic E-state index is -2.87. The predicted molar refractivity (Wildman–Crippen MR) is 88.8 cm³/mol. The number of halogens is 3. The molecule has 0 amide bonds. The molecule has 7 heteroatoms. The summed E-state index contributed by atoms with van der Waals surface area (Å²) in [6, 6.07) is 8.93. The molecule has 0 aliphatic carbocycles. The van der Waals surface area contributed by atoms with Gasteiger partial charge in [-0.15, -0.1) is 11.3 Å². The first kappa shape index (κ1) is 18.0. The third-order valence-corrected chi connectivity index (χ3v) is 4.57. The van der Waals surface area contributed by atoms with Gasteiger partial charge in [0.15, 0.2) is 11.5 Å². The van der Waals surface area contributed by atoms with Crippen LogP contribution < -0.4 is 14.8 Å². The second-order valence-electron chi connectivity index (χ2n) is 4.84. The lowest BCUT2D eigenvalue weighted by Crippen LogP contribution is -2.17. The summed E-state index contributed by atoms with van der Waals surface area (Å²) in [6.45, 7) is 1.91. The Hall–Kier alpha value is -1.37. The zero-order valence-electron chi connectivity index (χ0n) is 12.8. The average Bonchev–Trinajstić information content (AvgIpc) is 2.93. The Morgan fingerprint density at radius 3 is 2.61 bits per heavy atom. The number of hydrogen-bond donors (Lipinski definition) is 1. The number of benzene rings is 1. The molecule has 1 N–H and O–H groups in total. The molecular weight excluding hydrogens is 344 g/mol. The molecule has 0 aliphatic heterocycles. The molecule has 1 atom stereocenters. The summed E-state index contributed by atoms with van der Waals surface area (Å²) in [4.78, 5) is 1.14. The molecule has 1 aromatic heterocycles. The van der Waals surface area contributed by atoms with Gasteiger partial charge in [0.1, 0.15) is 0 Å². The van der Waals surface area contributed by atoms with Crippen LogP contribution in [0.5, 0.6) is 11.5 Å². The molecule has 126 valence electrons. The maximum Gasteiger partial charge on any atom is 0.387 e. The van der Waals surface area contributed by atoms with Gasteiger partial charge in [0.25, 0.3) is 0 Å². The van der Waals surface area contributed by atoms with Crippen LogP contribution in [0.3, 0.4) is 0 Å². The van der Waals surface area contributed by atoms with Crippen molar-refractivity contribution in [1.82, 2.24) is 5.32 Å². The topological polar surface area (TPSA) is 30.5 Å². The van der Waals surface area contributed by atoms with E-state index in [4.69, 9.17) is 16.3 Å². The van der Waals surface area contributed by atoms with E-state index in [0.717, 1.165) is 14.8 Å². The van der Waals surface area contributed by atoms with E-state index < -0.39 is 6.61 Å². The number of alkyl halides is 2. The van der Waals surface area contributed by atoms with Crippen molar-refractivity contribution in [3.05, 3.63) is 45.1 Å². The van der Waals surface area contributed by atoms with E-state index in [2.05, 4.69) is 10.1 Å². The quantitative estimate of drug-likeness (QED) is 0.696. The largest absolute Gasteiger partial charge is 0.490 e. The fourth-order valence-electron chi connectivity index (χ4n) is 2.06. The van der Waals surface area contributed by atoms with Crippen LogP contribution >= 0.6 is 22.9 Å². The van der Waals surface area contributed by atoms with E-state index in [1.165, 1.54) is 17.4 Å². The molecule has 0 bridgehead atoms. The zero-order valence-corrected chi connectivity index (χ0v) is 14.4. The van der Waals surface area contributed by atoms with Gasteiger partial charge in [-0.1, -0.05) is 17.7 Å². The molecule has 1 unspecified atom stereocenters. The van der Waals surface area contributed by atoms with Crippen LogP contribution in [0.2, 0.25) is 4.34 Å². The molecule has 23 heavy (non-hydrogen) atoms. The van der Waals surface area contributed by atoms with Crippen LogP contribution in [-0.4, -0.2) is 13.2 Å². The van der Waals surface area contributed by atoms with Gasteiger partial charge in [0, 0.05) is 17.5 Å². The van der Waals surface area contributed by atoms with Crippen molar-refractivity contribution in [2.45, 2.75) is 33.0 Å². The Morgan fingerprint density at radius 2 is 2.00 bits per heavy atom. The summed E-state index contributed by atoms with van der Waals surface area (Å²) in [6.07, 6.45) is 0. The highest BCUT2D eigenvalue weighted by Crippen LogP contribution is 2.31. The molecule has 0 saturated carbocycles. The van der Waals surface area contributed by atoms with Gasteiger partial charge in [-0.05, 0) is 43.7 Å². The van der Waals surface area contributed by atoms with Crippen molar-refractivity contribution in [1.29, 1.82) is 0 Å². The standard InChI is InChI=1S/C16H18ClF2NO2S/c1-3-21-13-8-11(4-5-12(13)22-16(18)19)9-20-10(2)14-6-7-15(17)23-14/h4-8,10,16,20H,3,9H2,1-2H3. The lowest BCUT2D eigenvalue weighted by molar-refractivity contribution is -0.0514. The average molecular weight is 362 g/mol. The van der Waals surface area contributed by atoms with Gasteiger partial charge in [-0.2, -0.15) is 8.78 Å². The first-order valence-corrected chi connectivity index (χ1v) is 8.38. The normalized spacial score (nSPS) is 12.4. The van der Waals surface area contributed by atoms with E-state index in [0.29, 0.717) is 18.9 Å². The Bertz CT molecular complexity index is 636. The zero-order chi connectivity index (χ0) is 16.8. The van der Waals surface area contributed by atoms with Crippen LogP contribution in [0.4, 0.5) is 8.78 Å². The number of hydrogen-bond acceptors (Lipinski definition) is 4. The maximum absolute atomic E-state index is 12.4. The number of ether oxygens (including phenoxy) is 2. The molecule has 1 aromatic carbocycles. The Kier molecular flexibility index (Phi) is 6.62. The monoisotopic (exact) mass is 361 g/mol.